The van der Waals surface area contributed by atoms with Crippen LogP contribution in [0.5, 0.6) is 0 Å². The highest BCUT2D eigenvalue weighted by molar-refractivity contribution is 6.01. The van der Waals surface area contributed by atoms with Crippen molar-refractivity contribution in [3.8, 4) is 11.1 Å². The monoisotopic (exact) mass is 564 g/mol. The highest BCUT2D eigenvalue weighted by Gasteiger charge is 2.35. The van der Waals surface area contributed by atoms with Crippen molar-refractivity contribution in [1.29, 1.82) is 0 Å². The maximum Gasteiger partial charge on any atom is 0.253 e. The van der Waals surface area contributed by atoms with E-state index in [0.717, 1.165) is 50.7 Å². The van der Waals surface area contributed by atoms with Gasteiger partial charge in [0.15, 0.2) is 0 Å². The van der Waals surface area contributed by atoms with Gasteiger partial charge in [-0.1, -0.05) is 49.9 Å². The van der Waals surface area contributed by atoms with Crippen LogP contribution in [0.15, 0.2) is 72.8 Å². The molecule has 1 N–H and O–H groups in total. The predicted octanol–water partition coefficient (Wildman–Crippen LogP) is 5.46. The molecule has 0 aliphatic carbocycles. The third kappa shape index (κ3) is 6.29. The zero-order valence-electron chi connectivity index (χ0n) is 24.5. The number of aryl methyl sites for hydroxylation is 1. The lowest BCUT2D eigenvalue weighted by atomic mass is 9.85. The molecule has 0 radical (unpaired) electrons. The number of methoxy groups -OCH3 is 1. The number of hydrogen-bond donors (Lipinski definition) is 1. The minimum absolute atomic E-state index is 0.0277. The van der Waals surface area contributed by atoms with Crippen LogP contribution >= 0.6 is 0 Å². The molecule has 0 aromatic heterocycles. The second kappa shape index (κ2) is 12.3. The molecule has 5 nitrogen and oxygen atoms in total. The van der Waals surface area contributed by atoms with Crippen LogP contribution < -0.4 is 15.8 Å². The standard InChI is InChI=1S/C36H37FN2O3/c1-24-21-30-11-14-32(34(40)38-18-20-42-4)25(2)33(30)22-29(24)15-16-36(3)17-19-39(23-36)35(41)28-7-5-26(6-8-28)27-9-12-31(37)13-10-27/h5-15,21-22H,1,16-20,23H2,2-4H3,(H,38,40). The van der Waals surface area contributed by atoms with Gasteiger partial charge in [0, 0.05) is 37.9 Å². The highest BCUT2D eigenvalue weighted by atomic mass is 19.1. The Morgan fingerprint density at radius 3 is 2.43 bits per heavy atom. The first-order valence-electron chi connectivity index (χ1n) is 14.3. The van der Waals surface area contributed by atoms with Gasteiger partial charge in [-0.15, -0.1) is 0 Å². The molecule has 2 amide bonds. The molecule has 1 atom stereocenters. The Bertz CT molecular complexity index is 1730. The fourth-order valence-corrected chi connectivity index (χ4v) is 5.73. The van der Waals surface area contributed by atoms with Gasteiger partial charge < -0.3 is 15.0 Å². The Hall–Kier alpha value is -4.29. The van der Waals surface area contributed by atoms with Crippen LogP contribution in [0.3, 0.4) is 0 Å². The zero-order valence-corrected chi connectivity index (χ0v) is 24.5. The Morgan fingerprint density at radius 2 is 1.74 bits per heavy atom. The zero-order chi connectivity index (χ0) is 29.9. The minimum atomic E-state index is -0.269. The lowest BCUT2D eigenvalue weighted by Gasteiger charge is -2.23. The average molecular weight is 565 g/mol. The number of rotatable bonds is 8. The lowest BCUT2D eigenvalue weighted by Crippen LogP contribution is -2.31. The maximum absolute atomic E-state index is 13.3. The largest absolute Gasteiger partial charge is 0.383 e. The van der Waals surface area contributed by atoms with Crippen LogP contribution in [0.4, 0.5) is 4.39 Å². The molecule has 0 bridgehead atoms. The van der Waals surface area contributed by atoms with E-state index in [1.165, 1.54) is 12.1 Å². The van der Waals surface area contributed by atoms with E-state index < -0.39 is 0 Å². The molecular formula is C36H37FN2O3. The SMILES string of the molecule is C=c1cc2ccc(C(=O)NCCOC)c(C)c2cc1=CCC1(C)CCN(C(=O)c2ccc(-c3ccc(F)cc3)cc2)C1. The molecule has 1 unspecified atom stereocenters. The summed E-state index contributed by atoms with van der Waals surface area (Å²) in [6.07, 6.45) is 3.94. The van der Waals surface area contributed by atoms with Crippen molar-refractivity contribution in [2.75, 3.05) is 33.4 Å². The average Bonchev–Trinajstić information content (AvgIpc) is 3.38. The number of nitrogens with zero attached hydrogens (tertiary/aromatic N) is 1. The fourth-order valence-electron chi connectivity index (χ4n) is 5.73. The van der Waals surface area contributed by atoms with Crippen LogP contribution in [0.1, 0.15) is 46.0 Å². The van der Waals surface area contributed by atoms with Crippen molar-refractivity contribution < 1.29 is 18.7 Å². The Kier molecular flexibility index (Phi) is 8.55. The quantitative estimate of drug-likeness (QED) is 0.289. The number of halogens is 1. The summed E-state index contributed by atoms with van der Waals surface area (Å²) >= 11 is 0. The number of hydrogen-bond acceptors (Lipinski definition) is 3. The molecule has 1 saturated heterocycles. The van der Waals surface area contributed by atoms with E-state index in [0.29, 0.717) is 37.4 Å². The molecular weight excluding hydrogens is 527 g/mol. The van der Waals surface area contributed by atoms with Gasteiger partial charge in [-0.25, -0.2) is 4.39 Å². The molecule has 1 heterocycles. The molecule has 0 spiro atoms. The summed E-state index contributed by atoms with van der Waals surface area (Å²) in [7, 11) is 1.61. The summed E-state index contributed by atoms with van der Waals surface area (Å²) < 4.78 is 18.3. The van der Waals surface area contributed by atoms with Gasteiger partial charge in [-0.3, -0.25) is 9.59 Å². The van der Waals surface area contributed by atoms with Gasteiger partial charge in [0.05, 0.1) is 6.61 Å². The van der Waals surface area contributed by atoms with E-state index >= 15 is 0 Å². The third-order valence-electron chi connectivity index (χ3n) is 8.35. The number of fused-ring (bicyclic) bond motifs is 1. The van der Waals surface area contributed by atoms with E-state index in [1.54, 1.807) is 19.2 Å². The number of ether oxygens (including phenoxy) is 1. The molecule has 4 aromatic carbocycles. The van der Waals surface area contributed by atoms with Gasteiger partial charge in [0.25, 0.3) is 11.8 Å². The van der Waals surface area contributed by atoms with E-state index in [2.05, 4.69) is 37.0 Å². The fraction of sp³-hybridized carbons (Fsp3) is 0.278. The third-order valence-corrected chi connectivity index (χ3v) is 8.35. The normalized spacial score (nSPS) is 17.1. The summed E-state index contributed by atoms with van der Waals surface area (Å²) in [6, 6.07) is 21.9. The van der Waals surface area contributed by atoms with Gasteiger partial charge in [-0.2, -0.15) is 0 Å². The Morgan fingerprint density at radius 1 is 1.05 bits per heavy atom. The van der Waals surface area contributed by atoms with E-state index in [4.69, 9.17) is 4.74 Å². The van der Waals surface area contributed by atoms with Crippen molar-refractivity contribution in [2.45, 2.75) is 26.7 Å². The first-order chi connectivity index (χ1) is 20.2. The minimum Gasteiger partial charge on any atom is -0.383 e. The highest BCUT2D eigenvalue weighted by Crippen LogP contribution is 2.35. The molecule has 4 aromatic rings. The van der Waals surface area contributed by atoms with E-state index in [9.17, 15) is 14.0 Å². The second-order valence-electron chi connectivity index (χ2n) is 11.5. The number of benzene rings is 4. The number of amides is 2. The summed E-state index contributed by atoms with van der Waals surface area (Å²) in [4.78, 5) is 28.0. The smallest absolute Gasteiger partial charge is 0.253 e. The predicted molar refractivity (Wildman–Crippen MR) is 167 cm³/mol. The molecule has 1 aliphatic rings. The van der Waals surface area contributed by atoms with Gasteiger partial charge in [0.1, 0.15) is 5.82 Å². The van der Waals surface area contributed by atoms with Gasteiger partial charge >= 0.3 is 0 Å². The summed E-state index contributed by atoms with van der Waals surface area (Å²) in [5, 5.41) is 6.98. The van der Waals surface area contributed by atoms with Crippen molar-refractivity contribution in [3.63, 3.8) is 0 Å². The number of carbonyl (C=O) groups excluding carboxylic acids is 2. The van der Waals surface area contributed by atoms with E-state index in [-0.39, 0.29) is 23.0 Å². The topological polar surface area (TPSA) is 58.6 Å². The second-order valence-corrected chi connectivity index (χ2v) is 11.5. The van der Waals surface area contributed by atoms with Crippen molar-refractivity contribution >= 4 is 35.2 Å². The van der Waals surface area contributed by atoms with Crippen LogP contribution in [0, 0.1) is 18.2 Å². The lowest BCUT2D eigenvalue weighted by molar-refractivity contribution is 0.0776. The first kappa shape index (κ1) is 29.2. The van der Waals surface area contributed by atoms with Crippen LogP contribution in [-0.4, -0.2) is 50.1 Å². The van der Waals surface area contributed by atoms with Crippen molar-refractivity contribution in [3.05, 3.63) is 106 Å². The molecule has 1 fully saturated rings. The molecule has 42 heavy (non-hydrogen) atoms. The van der Waals surface area contributed by atoms with Crippen molar-refractivity contribution in [2.24, 2.45) is 5.41 Å². The summed E-state index contributed by atoms with van der Waals surface area (Å²) in [6.45, 7) is 10.8. The van der Waals surface area contributed by atoms with Crippen LogP contribution in [0.25, 0.3) is 34.6 Å². The molecule has 0 saturated carbocycles. The summed E-state index contributed by atoms with van der Waals surface area (Å²) in [5.74, 6) is -0.349. The molecule has 1 aliphatic heterocycles. The maximum atomic E-state index is 13.3. The molecule has 216 valence electrons. The molecule has 6 heteroatoms. The van der Waals surface area contributed by atoms with Crippen LogP contribution in [-0.2, 0) is 4.74 Å². The first-order valence-corrected chi connectivity index (χ1v) is 14.3. The van der Waals surface area contributed by atoms with Crippen molar-refractivity contribution in [1.82, 2.24) is 10.2 Å². The van der Waals surface area contributed by atoms with E-state index in [1.807, 2.05) is 48.2 Å². The number of likely N-dealkylation sites (tertiary alicyclic amines) is 1. The Labute approximate surface area is 246 Å². The Balaban J connectivity index is 1.30. The number of carbonyl (C=O) groups is 2. The summed E-state index contributed by atoms with van der Waals surface area (Å²) in [5.41, 5.74) is 4.05. The number of nitrogens with one attached hydrogen (secondary N) is 1. The van der Waals surface area contributed by atoms with Gasteiger partial charge in [-0.05, 0) is 106 Å². The van der Waals surface area contributed by atoms with Gasteiger partial charge in [0.2, 0.25) is 0 Å². The molecule has 5 rings (SSSR count). The van der Waals surface area contributed by atoms with Crippen LogP contribution in [0.2, 0.25) is 0 Å².